The fraction of sp³-hybridized carbons (Fsp3) is 0.182. The van der Waals surface area contributed by atoms with Crippen molar-refractivity contribution in [3.05, 3.63) is 36.2 Å². The van der Waals surface area contributed by atoms with Gasteiger partial charge < -0.3 is 11.2 Å². The van der Waals surface area contributed by atoms with E-state index in [1.807, 2.05) is 0 Å². The van der Waals surface area contributed by atoms with E-state index in [9.17, 15) is 18.0 Å². The Labute approximate surface area is 121 Å². The molecule has 0 radical (unpaired) electrons. The molecule has 2 rings (SSSR count). The molecule has 0 aliphatic heterocycles. The first-order valence-corrected chi connectivity index (χ1v) is 6.60. The molecule has 0 saturated heterocycles. The van der Waals surface area contributed by atoms with E-state index >= 15 is 0 Å². The Bertz CT molecular complexity index is 643. The Morgan fingerprint density at radius 2 is 2.10 bits per heavy atom. The molecule has 1 amide bonds. The van der Waals surface area contributed by atoms with E-state index < -0.39 is 17.6 Å². The van der Waals surface area contributed by atoms with Gasteiger partial charge in [0.05, 0.1) is 17.0 Å². The second kappa shape index (κ2) is 6.04. The second-order valence-electron chi connectivity index (χ2n) is 3.90. The van der Waals surface area contributed by atoms with Crippen LogP contribution in [0.2, 0.25) is 0 Å². The Kier molecular flexibility index (Phi) is 4.36. The SMILES string of the molecule is Nn1cnnc1SCC(=O)Nc1ccccc1C(F)(F)F. The number of anilines is 1. The predicted molar refractivity (Wildman–Crippen MR) is 71.0 cm³/mol. The first kappa shape index (κ1) is 15.2. The highest BCUT2D eigenvalue weighted by molar-refractivity contribution is 7.99. The van der Waals surface area contributed by atoms with Crippen LogP contribution < -0.4 is 11.2 Å². The minimum atomic E-state index is -4.53. The van der Waals surface area contributed by atoms with E-state index in [1.54, 1.807) is 0 Å². The molecular formula is C11H10F3N5OS. The van der Waals surface area contributed by atoms with E-state index in [4.69, 9.17) is 5.84 Å². The Morgan fingerprint density at radius 1 is 1.38 bits per heavy atom. The first-order valence-electron chi connectivity index (χ1n) is 5.62. The van der Waals surface area contributed by atoms with E-state index in [1.165, 1.54) is 24.5 Å². The summed E-state index contributed by atoms with van der Waals surface area (Å²) in [5.41, 5.74) is -1.19. The first-order chi connectivity index (χ1) is 9.88. The highest BCUT2D eigenvalue weighted by Crippen LogP contribution is 2.34. The average molecular weight is 317 g/mol. The molecule has 0 fully saturated rings. The number of para-hydroxylation sites is 1. The number of aromatic nitrogens is 3. The zero-order valence-electron chi connectivity index (χ0n) is 10.5. The Balaban J connectivity index is 2.02. The molecular weight excluding hydrogens is 307 g/mol. The summed E-state index contributed by atoms with van der Waals surface area (Å²) in [6, 6.07) is 4.76. The van der Waals surface area contributed by atoms with E-state index in [2.05, 4.69) is 15.5 Å². The minimum Gasteiger partial charge on any atom is -0.336 e. The molecule has 2 aromatic rings. The van der Waals surface area contributed by atoms with Crippen molar-refractivity contribution in [2.45, 2.75) is 11.3 Å². The molecule has 0 saturated carbocycles. The average Bonchev–Trinajstić information content (AvgIpc) is 2.81. The van der Waals surface area contributed by atoms with Crippen LogP contribution in [0, 0.1) is 0 Å². The van der Waals surface area contributed by atoms with Crippen LogP contribution in [0.25, 0.3) is 0 Å². The number of amides is 1. The molecule has 0 aliphatic carbocycles. The maximum absolute atomic E-state index is 12.8. The number of rotatable bonds is 4. The number of halogens is 3. The molecule has 0 unspecified atom stereocenters. The molecule has 21 heavy (non-hydrogen) atoms. The van der Waals surface area contributed by atoms with Crippen molar-refractivity contribution in [3.8, 4) is 0 Å². The summed E-state index contributed by atoms with van der Waals surface area (Å²) in [4.78, 5) is 11.7. The van der Waals surface area contributed by atoms with Gasteiger partial charge in [0.2, 0.25) is 11.1 Å². The van der Waals surface area contributed by atoms with Gasteiger partial charge in [-0.1, -0.05) is 23.9 Å². The summed E-state index contributed by atoms with van der Waals surface area (Å²) in [7, 11) is 0. The summed E-state index contributed by atoms with van der Waals surface area (Å²) in [6.07, 6.45) is -3.28. The lowest BCUT2D eigenvalue weighted by molar-refractivity contribution is -0.137. The summed E-state index contributed by atoms with van der Waals surface area (Å²) in [5.74, 6) is 4.72. The van der Waals surface area contributed by atoms with E-state index in [0.29, 0.717) is 0 Å². The van der Waals surface area contributed by atoms with E-state index in [0.717, 1.165) is 22.5 Å². The van der Waals surface area contributed by atoms with Crippen LogP contribution in [-0.2, 0) is 11.0 Å². The third-order valence-electron chi connectivity index (χ3n) is 2.38. The summed E-state index contributed by atoms with van der Waals surface area (Å²) in [6.45, 7) is 0. The maximum atomic E-state index is 12.8. The van der Waals surface area contributed by atoms with Crippen molar-refractivity contribution in [2.75, 3.05) is 16.9 Å². The Morgan fingerprint density at radius 3 is 2.71 bits per heavy atom. The highest BCUT2D eigenvalue weighted by atomic mass is 32.2. The standard InChI is InChI=1S/C11H10F3N5OS/c12-11(13,14)7-3-1-2-4-8(7)17-9(20)5-21-10-18-16-6-19(10)15/h1-4,6H,5,15H2,(H,17,20). The van der Waals surface area contributed by atoms with Gasteiger partial charge in [-0.25, -0.2) is 4.68 Å². The zero-order valence-corrected chi connectivity index (χ0v) is 11.3. The lowest BCUT2D eigenvalue weighted by Crippen LogP contribution is -2.18. The van der Waals surface area contributed by atoms with Gasteiger partial charge in [0, 0.05) is 0 Å². The number of hydrogen-bond donors (Lipinski definition) is 2. The fourth-order valence-electron chi connectivity index (χ4n) is 1.49. The van der Waals surface area contributed by atoms with E-state index in [-0.39, 0.29) is 16.6 Å². The molecule has 6 nitrogen and oxygen atoms in total. The number of carbonyl (C=O) groups is 1. The number of thioether (sulfide) groups is 1. The molecule has 0 bridgehead atoms. The largest absolute Gasteiger partial charge is 0.418 e. The molecule has 0 spiro atoms. The topological polar surface area (TPSA) is 85.8 Å². The predicted octanol–water partition coefficient (Wildman–Crippen LogP) is 1.74. The van der Waals surface area contributed by atoms with Crippen molar-refractivity contribution in [1.82, 2.24) is 14.9 Å². The molecule has 3 N–H and O–H groups in total. The van der Waals surface area contributed by atoms with Gasteiger partial charge in [-0.05, 0) is 12.1 Å². The number of benzene rings is 1. The van der Waals surface area contributed by atoms with Crippen LogP contribution in [0.15, 0.2) is 35.7 Å². The summed E-state index contributed by atoms with van der Waals surface area (Å²) >= 11 is 0.965. The van der Waals surface area contributed by atoms with Crippen LogP contribution >= 0.6 is 11.8 Å². The van der Waals surface area contributed by atoms with Gasteiger partial charge in [-0.2, -0.15) is 13.2 Å². The van der Waals surface area contributed by atoms with Gasteiger partial charge in [0.15, 0.2) is 0 Å². The van der Waals surface area contributed by atoms with Crippen molar-refractivity contribution < 1.29 is 18.0 Å². The molecule has 112 valence electrons. The van der Waals surface area contributed by atoms with Gasteiger partial charge in [0.25, 0.3) is 0 Å². The van der Waals surface area contributed by atoms with Crippen molar-refractivity contribution >= 4 is 23.4 Å². The summed E-state index contributed by atoms with van der Waals surface area (Å²) in [5, 5.41) is 9.67. The smallest absolute Gasteiger partial charge is 0.336 e. The van der Waals surface area contributed by atoms with Crippen molar-refractivity contribution in [1.29, 1.82) is 0 Å². The van der Waals surface area contributed by atoms with Crippen LogP contribution in [0.5, 0.6) is 0 Å². The van der Waals surface area contributed by atoms with Gasteiger partial charge in [-0.15, -0.1) is 10.2 Å². The molecule has 1 aromatic heterocycles. The van der Waals surface area contributed by atoms with Crippen LogP contribution in [0.1, 0.15) is 5.56 Å². The lowest BCUT2D eigenvalue weighted by Gasteiger charge is -2.13. The monoisotopic (exact) mass is 317 g/mol. The van der Waals surface area contributed by atoms with Crippen LogP contribution in [-0.4, -0.2) is 26.5 Å². The number of nitrogens with one attached hydrogen (secondary N) is 1. The molecule has 1 aromatic carbocycles. The molecule has 0 atom stereocenters. The molecule has 0 aliphatic rings. The van der Waals surface area contributed by atoms with Crippen molar-refractivity contribution in [3.63, 3.8) is 0 Å². The van der Waals surface area contributed by atoms with Gasteiger partial charge >= 0.3 is 6.18 Å². The number of nitrogens with two attached hydrogens (primary N) is 1. The fourth-order valence-corrected chi connectivity index (χ4v) is 2.12. The number of alkyl halides is 3. The number of nitrogen functional groups attached to an aromatic ring is 1. The Hall–Kier alpha value is -2.23. The second-order valence-corrected chi connectivity index (χ2v) is 4.84. The molecule has 1 heterocycles. The lowest BCUT2D eigenvalue weighted by atomic mass is 10.1. The van der Waals surface area contributed by atoms with Gasteiger partial charge in [-0.3, -0.25) is 4.79 Å². The normalized spacial score (nSPS) is 11.4. The zero-order chi connectivity index (χ0) is 15.5. The maximum Gasteiger partial charge on any atom is 0.418 e. The van der Waals surface area contributed by atoms with Crippen LogP contribution in [0.3, 0.4) is 0 Å². The van der Waals surface area contributed by atoms with Crippen LogP contribution in [0.4, 0.5) is 18.9 Å². The number of carbonyl (C=O) groups excluding carboxylic acids is 1. The quantitative estimate of drug-likeness (QED) is 0.663. The number of nitrogens with zero attached hydrogens (tertiary/aromatic N) is 3. The highest BCUT2D eigenvalue weighted by Gasteiger charge is 2.33. The van der Waals surface area contributed by atoms with Crippen molar-refractivity contribution in [2.24, 2.45) is 0 Å². The minimum absolute atomic E-state index is 0.137. The van der Waals surface area contributed by atoms with Gasteiger partial charge in [0.1, 0.15) is 6.33 Å². The summed E-state index contributed by atoms with van der Waals surface area (Å²) < 4.78 is 39.4. The number of hydrogen-bond acceptors (Lipinski definition) is 5. The third kappa shape index (κ3) is 3.88. The molecule has 10 heteroatoms. The third-order valence-corrected chi connectivity index (χ3v) is 3.34.